The second-order valence-corrected chi connectivity index (χ2v) is 4.99. The molecule has 0 spiro atoms. The molecule has 0 aliphatic heterocycles. The highest BCUT2D eigenvalue weighted by Crippen LogP contribution is 1.98. The van der Waals surface area contributed by atoms with Gasteiger partial charge in [-0.2, -0.15) is 8.42 Å². The molecule has 7 heteroatoms. The number of aliphatic carboxylic acids is 1. The number of carboxylic acids is 1. The van der Waals surface area contributed by atoms with E-state index in [-0.39, 0.29) is 12.5 Å². The summed E-state index contributed by atoms with van der Waals surface area (Å²) in [6, 6.07) is 0. The average molecular weight is 225 g/mol. The van der Waals surface area contributed by atoms with Crippen LogP contribution in [0.5, 0.6) is 0 Å². The molecular weight excluding hydrogens is 210 g/mol. The van der Waals surface area contributed by atoms with E-state index in [0.717, 1.165) is 0 Å². The molecule has 0 bridgehead atoms. The average Bonchev–Trinajstić information content (AvgIpc) is 1.94. The van der Waals surface area contributed by atoms with Gasteiger partial charge in [-0.3, -0.25) is 9.35 Å². The first-order valence-electron chi connectivity index (χ1n) is 4.15. The Morgan fingerprint density at radius 2 is 1.86 bits per heavy atom. The van der Waals surface area contributed by atoms with Gasteiger partial charge in [-0.05, 0) is 12.5 Å². The zero-order chi connectivity index (χ0) is 11.4. The van der Waals surface area contributed by atoms with Crippen LogP contribution in [0.2, 0.25) is 0 Å². The van der Waals surface area contributed by atoms with E-state index in [0.29, 0.717) is 6.54 Å². The lowest BCUT2D eigenvalue weighted by atomic mass is 10.2. The summed E-state index contributed by atoms with van der Waals surface area (Å²) in [4.78, 5) is 10.4. The van der Waals surface area contributed by atoms with Crippen LogP contribution in [0.25, 0.3) is 0 Å². The zero-order valence-electron chi connectivity index (χ0n) is 8.10. The maximum atomic E-state index is 10.6. The van der Waals surface area contributed by atoms with Crippen molar-refractivity contribution in [1.82, 2.24) is 5.32 Å². The van der Waals surface area contributed by atoms with Crippen molar-refractivity contribution < 1.29 is 22.9 Å². The number of hydrogen-bond acceptors (Lipinski definition) is 4. The molecule has 0 rings (SSSR count). The minimum atomic E-state index is -4.52. The predicted molar refractivity (Wildman–Crippen MR) is 50.7 cm³/mol. The van der Waals surface area contributed by atoms with Crippen molar-refractivity contribution in [3.63, 3.8) is 0 Å². The van der Waals surface area contributed by atoms with Gasteiger partial charge >= 0.3 is 5.97 Å². The normalized spacial score (nSPS) is 14.3. The molecule has 0 heterocycles. The zero-order valence-corrected chi connectivity index (χ0v) is 8.91. The summed E-state index contributed by atoms with van der Waals surface area (Å²) < 4.78 is 29.7. The summed E-state index contributed by atoms with van der Waals surface area (Å²) in [6.07, 6.45) is 0. The molecule has 14 heavy (non-hydrogen) atoms. The maximum absolute atomic E-state index is 10.6. The Labute approximate surface area is 83.1 Å². The first-order valence-corrected chi connectivity index (χ1v) is 5.65. The van der Waals surface area contributed by atoms with Crippen LogP contribution in [0.15, 0.2) is 0 Å². The molecule has 1 unspecified atom stereocenters. The molecule has 0 fully saturated rings. The monoisotopic (exact) mass is 225 g/mol. The molecule has 0 aliphatic carbocycles. The molecular formula is C7H15NO5S. The van der Waals surface area contributed by atoms with Crippen molar-refractivity contribution in [3.8, 4) is 0 Å². The lowest BCUT2D eigenvalue weighted by molar-refractivity contribution is -0.136. The fourth-order valence-electron chi connectivity index (χ4n) is 0.823. The Morgan fingerprint density at radius 1 is 1.36 bits per heavy atom. The third-order valence-corrected chi connectivity index (χ3v) is 2.60. The minimum Gasteiger partial charge on any atom is -0.480 e. The molecule has 0 aliphatic rings. The molecule has 0 saturated heterocycles. The molecule has 0 aromatic carbocycles. The first kappa shape index (κ1) is 13.3. The van der Waals surface area contributed by atoms with Crippen LogP contribution in [0.3, 0.4) is 0 Å². The van der Waals surface area contributed by atoms with Crippen LogP contribution >= 0.6 is 0 Å². The topological polar surface area (TPSA) is 104 Å². The smallest absolute Gasteiger partial charge is 0.325 e. The second-order valence-electron chi connectivity index (χ2n) is 3.39. The van der Waals surface area contributed by atoms with Crippen LogP contribution < -0.4 is 5.32 Å². The Kier molecular flexibility index (Phi) is 5.03. The Hall–Kier alpha value is -0.660. The SMILES string of the molecule is CC(C)CNCC(C(=O)O)S(=O)(=O)O. The van der Waals surface area contributed by atoms with E-state index in [1.165, 1.54) is 0 Å². The predicted octanol–water partition coefficient (Wildman–Crippen LogP) is -0.427. The summed E-state index contributed by atoms with van der Waals surface area (Å²) in [5, 5.41) is 9.36. The van der Waals surface area contributed by atoms with Gasteiger partial charge in [-0.15, -0.1) is 0 Å². The van der Waals surface area contributed by atoms with Crippen molar-refractivity contribution in [2.75, 3.05) is 13.1 Å². The largest absolute Gasteiger partial charge is 0.480 e. The maximum Gasteiger partial charge on any atom is 0.325 e. The summed E-state index contributed by atoms with van der Waals surface area (Å²) in [5.74, 6) is -1.27. The van der Waals surface area contributed by atoms with Crippen molar-refractivity contribution in [1.29, 1.82) is 0 Å². The standard InChI is InChI=1S/C7H15NO5S/c1-5(2)3-8-4-6(7(9)10)14(11,12)13/h5-6,8H,3-4H2,1-2H3,(H,9,10)(H,11,12,13). The molecule has 0 saturated carbocycles. The summed E-state index contributed by atoms with van der Waals surface area (Å²) >= 11 is 0. The second kappa shape index (κ2) is 5.28. The van der Waals surface area contributed by atoms with Crippen LogP contribution in [0, 0.1) is 5.92 Å². The molecule has 84 valence electrons. The molecule has 0 radical (unpaired) electrons. The quantitative estimate of drug-likeness (QED) is 0.530. The van der Waals surface area contributed by atoms with Gasteiger partial charge in [-0.1, -0.05) is 13.8 Å². The van der Waals surface area contributed by atoms with Crippen molar-refractivity contribution >= 4 is 16.1 Å². The summed E-state index contributed by atoms with van der Waals surface area (Å²) in [6.45, 7) is 4.01. The number of carbonyl (C=O) groups is 1. The number of hydrogen-bond donors (Lipinski definition) is 3. The van der Waals surface area contributed by atoms with Crippen LogP contribution in [0.1, 0.15) is 13.8 Å². The van der Waals surface area contributed by atoms with Crippen LogP contribution in [0.4, 0.5) is 0 Å². The highest BCUT2D eigenvalue weighted by atomic mass is 32.2. The highest BCUT2D eigenvalue weighted by molar-refractivity contribution is 7.87. The Balaban J connectivity index is 4.21. The van der Waals surface area contributed by atoms with E-state index in [9.17, 15) is 13.2 Å². The number of nitrogens with one attached hydrogen (secondary N) is 1. The van der Waals surface area contributed by atoms with E-state index in [1.807, 2.05) is 13.8 Å². The van der Waals surface area contributed by atoms with Gasteiger partial charge in [-0.25, -0.2) is 0 Å². The lowest BCUT2D eigenvalue weighted by Gasteiger charge is -2.11. The van der Waals surface area contributed by atoms with Gasteiger partial charge in [0.25, 0.3) is 10.1 Å². The highest BCUT2D eigenvalue weighted by Gasteiger charge is 2.30. The molecule has 3 N–H and O–H groups in total. The van der Waals surface area contributed by atoms with Gasteiger partial charge in [0.1, 0.15) is 0 Å². The Morgan fingerprint density at radius 3 is 2.14 bits per heavy atom. The van der Waals surface area contributed by atoms with E-state index >= 15 is 0 Å². The van der Waals surface area contributed by atoms with E-state index in [2.05, 4.69) is 5.32 Å². The molecule has 0 aromatic heterocycles. The van der Waals surface area contributed by atoms with Gasteiger partial charge < -0.3 is 10.4 Å². The summed E-state index contributed by atoms with van der Waals surface area (Å²) in [7, 11) is -4.52. The fraction of sp³-hybridized carbons (Fsp3) is 0.857. The number of carboxylic acid groups (broad SMARTS) is 1. The molecule has 6 nitrogen and oxygen atoms in total. The van der Waals surface area contributed by atoms with E-state index < -0.39 is 21.3 Å². The lowest BCUT2D eigenvalue weighted by Crippen LogP contribution is -2.40. The molecule has 1 atom stereocenters. The third kappa shape index (κ3) is 5.15. The van der Waals surface area contributed by atoms with Gasteiger partial charge in [0.15, 0.2) is 5.25 Å². The molecule has 0 amide bonds. The minimum absolute atomic E-state index is 0.283. The van der Waals surface area contributed by atoms with Gasteiger partial charge in [0, 0.05) is 6.54 Å². The fourth-order valence-corrected chi connectivity index (χ4v) is 1.41. The first-order chi connectivity index (χ1) is 6.25. The van der Waals surface area contributed by atoms with Crippen LogP contribution in [-0.4, -0.2) is 42.4 Å². The summed E-state index contributed by atoms with van der Waals surface area (Å²) in [5.41, 5.74) is 0. The van der Waals surface area contributed by atoms with Crippen LogP contribution in [-0.2, 0) is 14.9 Å². The van der Waals surface area contributed by atoms with Crippen molar-refractivity contribution in [2.24, 2.45) is 5.92 Å². The Bertz CT molecular complexity index is 284. The van der Waals surface area contributed by atoms with E-state index in [4.69, 9.17) is 9.66 Å². The van der Waals surface area contributed by atoms with E-state index in [1.54, 1.807) is 0 Å². The number of rotatable bonds is 6. The molecule has 0 aromatic rings. The third-order valence-electron chi connectivity index (χ3n) is 1.52. The van der Waals surface area contributed by atoms with Gasteiger partial charge in [0.2, 0.25) is 0 Å². The van der Waals surface area contributed by atoms with Crippen molar-refractivity contribution in [3.05, 3.63) is 0 Å². The van der Waals surface area contributed by atoms with Crippen molar-refractivity contribution in [2.45, 2.75) is 19.1 Å². The van der Waals surface area contributed by atoms with Gasteiger partial charge in [0.05, 0.1) is 0 Å².